The molecule has 0 radical (unpaired) electrons. The number of carbonyl (C=O) groups is 3. The van der Waals surface area contributed by atoms with Gasteiger partial charge in [0.05, 0.1) is 17.9 Å². The second-order valence-electron chi connectivity index (χ2n) is 9.62. The molecule has 6 nitrogen and oxygen atoms in total. The van der Waals surface area contributed by atoms with E-state index in [0.29, 0.717) is 16.8 Å². The third kappa shape index (κ3) is 2.17. The molecular weight excluding hydrogens is 354 g/mol. The Balaban J connectivity index is 2.37. The first-order chi connectivity index (χ1) is 13.0. The number of amides is 3. The van der Waals surface area contributed by atoms with Crippen molar-refractivity contribution in [3.8, 4) is 0 Å². The van der Waals surface area contributed by atoms with Crippen molar-refractivity contribution < 1.29 is 15.8 Å². The minimum atomic E-state index is -2.01. The Labute approximate surface area is 168 Å². The van der Waals surface area contributed by atoms with Gasteiger partial charge < -0.3 is 10.6 Å². The van der Waals surface area contributed by atoms with Gasteiger partial charge in [-0.1, -0.05) is 27.7 Å². The van der Waals surface area contributed by atoms with Gasteiger partial charge in [0.1, 0.15) is 6.02 Å². The summed E-state index contributed by atoms with van der Waals surface area (Å²) >= 11 is 0. The van der Waals surface area contributed by atoms with Gasteiger partial charge in [-0.2, -0.15) is 0 Å². The fourth-order valence-electron chi connectivity index (χ4n) is 4.51. The maximum atomic E-state index is 13.8. The smallest absolute Gasteiger partial charge is 0.255 e. The van der Waals surface area contributed by atoms with Gasteiger partial charge in [0.2, 0.25) is 11.8 Å². The molecule has 0 aromatic heterocycles. The molecule has 1 aromatic rings. The summed E-state index contributed by atoms with van der Waals surface area (Å²) in [5, 5.41) is 2.34. The number of nitrogens with two attached hydrogens (primary N) is 1. The Kier molecular flexibility index (Phi) is 3.78. The summed E-state index contributed by atoms with van der Waals surface area (Å²) in [4.78, 5) is 40.8. The van der Waals surface area contributed by atoms with E-state index in [9.17, 15) is 15.8 Å². The third-order valence-corrected chi connectivity index (χ3v) is 7.40. The largest absolute Gasteiger partial charge is 0.398 e. The van der Waals surface area contributed by atoms with Crippen LogP contribution in [-0.4, -0.2) is 28.6 Å². The molecule has 28 heavy (non-hydrogen) atoms. The molecule has 0 spiro atoms. The summed E-state index contributed by atoms with van der Waals surface area (Å²) < 4.78 is 9.38. The van der Waals surface area contributed by atoms with Crippen molar-refractivity contribution in [3.05, 3.63) is 27.8 Å². The van der Waals surface area contributed by atoms with Crippen LogP contribution in [0.5, 0.6) is 0 Å². The number of hydrogen-bond donors (Lipinski definition) is 2. The van der Waals surface area contributed by atoms with E-state index < -0.39 is 40.1 Å². The summed E-state index contributed by atoms with van der Waals surface area (Å²) in [6.07, 6.45) is 0. The molecule has 152 valence electrons. The SMILES string of the molecule is [2H][C@]1(N2C(=O)c3c(C)c(C)c(C)c(N)c3C2(C)C)C(=O)NC(=O)C(C)(C)C1(C)C. The van der Waals surface area contributed by atoms with Crippen molar-refractivity contribution in [2.45, 2.75) is 73.9 Å². The van der Waals surface area contributed by atoms with Crippen LogP contribution in [0.25, 0.3) is 0 Å². The molecule has 1 saturated heterocycles. The molecule has 3 amide bonds. The number of anilines is 1. The molecule has 0 unspecified atom stereocenters. The lowest BCUT2D eigenvalue weighted by Gasteiger charge is -2.53. The lowest BCUT2D eigenvalue weighted by atomic mass is 9.60. The van der Waals surface area contributed by atoms with Gasteiger partial charge in [0.15, 0.2) is 0 Å². The first-order valence-electron chi connectivity index (χ1n) is 10.1. The Morgan fingerprint density at radius 1 is 0.964 bits per heavy atom. The van der Waals surface area contributed by atoms with Crippen molar-refractivity contribution >= 4 is 23.4 Å². The highest BCUT2D eigenvalue weighted by Gasteiger charge is 2.62. The number of nitrogen functional groups attached to an aromatic ring is 1. The van der Waals surface area contributed by atoms with Crippen LogP contribution in [0.1, 0.15) is 75.5 Å². The van der Waals surface area contributed by atoms with Gasteiger partial charge in [-0.25, -0.2) is 0 Å². The van der Waals surface area contributed by atoms with Crippen LogP contribution in [0.3, 0.4) is 0 Å². The zero-order valence-electron chi connectivity index (χ0n) is 19.2. The summed E-state index contributed by atoms with van der Waals surface area (Å²) in [7, 11) is 0. The molecule has 0 aliphatic carbocycles. The number of rotatable bonds is 1. The van der Waals surface area contributed by atoms with Crippen LogP contribution >= 0.6 is 0 Å². The van der Waals surface area contributed by atoms with Crippen LogP contribution in [0.2, 0.25) is 0 Å². The number of piperidine rings is 1. The summed E-state index contributed by atoms with van der Waals surface area (Å²) in [5.41, 5.74) is 7.47. The molecular formula is C22H31N3O3. The predicted octanol–water partition coefficient (Wildman–Crippen LogP) is 2.96. The number of benzene rings is 1. The lowest BCUT2D eigenvalue weighted by molar-refractivity contribution is -0.159. The van der Waals surface area contributed by atoms with E-state index in [1.165, 1.54) is 4.90 Å². The average Bonchev–Trinajstić information content (AvgIpc) is 2.81. The topological polar surface area (TPSA) is 92.5 Å². The number of carbonyl (C=O) groups excluding carboxylic acids is 3. The average molecular weight is 387 g/mol. The Bertz CT molecular complexity index is 994. The van der Waals surface area contributed by atoms with Gasteiger partial charge in [0, 0.05) is 16.7 Å². The van der Waals surface area contributed by atoms with Crippen LogP contribution < -0.4 is 11.1 Å². The van der Waals surface area contributed by atoms with Crippen LogP contribution in [-0.2, 0) is 15.1 Å². The second-order valence-corrected chi connectivity index (χ2v) is 9.62. The Morgan fingerprint density at radius 2 is 1.50 bits per heavy atom. The van der Waals surface area contributed by atoms with Gasteiger partial charge in [-0.3, -0.25) is 19.7 Å². The van der Waals surface area contributed by atoms with Crippen LogP contribution in [0, 0.1) is 31.6 Å². The molecule has 6 heteroatoms. The fraction of sp³-hybridized carbons (Fsp3) is 0.591. The summed E-state index contributed by atoms with van der Waals surface area (Å²) in [6, 6.07) is -2.01. The molecule has 0 saturated carbocycles. The van der Waals surface area contributed by atoms with Crippen molar-refractivity contribution in [2.75, 3.05) is 5.73 Å². The zero-order valence-corrected chi connectivity index (χ0v) is 18.2. The maximum absolute atomic E-state index is 13.8. The maximum Gasteiger partial charge on any atom is 0.255 e. The molecule has 0 bridgehead atoms. The molecule has 3 N–H and O–H groups in total. The number of nitrogens with one attached hydrogen (secondary N) is 1. The van der Waals surface area contributed by atoms with Crippen molar-refractivity contribution in [3.63, 3.8) is 0 Å². The number of fused-ring (bicyclic) bond motifs is 1. The molecule has 1 atom stereocenters. The second kappa shape index (κ2) is 5.58. The Hall–Kier alpha value is -2.37. The van der Waals surface area contributed by atoms with Crippen LogP contribution in [0.15, 0.2) is 0 Å². The van der Waals surface area contributed by atoms with Crippen molar-refractivity contribution in [1.29, 1.82) is 0 Å². The van der Waals surface area contributed by atoms with E-state index in [-0.39, 0.29) is 0 Å². The summed E-state index contributed by atoms with van der Waals surface area (Å²) in [6.45, 7) is 16.1. The summed E-state index contributed by atoms with van der Waals surface area (Å²) in [5.74, 6) is -1.63. The van der Waals surface area contributed by atoms with E-state index in [1.807, 2.05) is 34.6 Å². The highest BCUT2D eigenvalue weighted by atomic mass is 16.2. The molecule has 1 fully saturated rings. The minimum Gasteiger partial charge on any atom is -0.398 e. The van der Waals surface area contributed by atoms with Crippen molar-refractivity contribution in [2.24, 2.45) is 10.8 Å². The van der Waals surface area contributed by atoms with Gasteiger partial charge >= 0.3 is 0 Å². The van der Waals surface area contributed by atoms with E-state index in [0.717, 1.165) is 16.7 Å². The fourth-order valence-corrected chi connectivity index (χ4v) is 4.51. The van der Waals surface area contributed by atoms with E-state index >= 15 is 0 Å². The predicted molar refractivity (Wildman–Crippen MR) is 109 cm³/mol. The van der Waals surface area contributed by atoms with Gasteiger partial charge in [0.25, 0.3) is 5.91 Å². The molecule has 2 heterocycles. The van der Waals surface area contributed by atoms with Gasteiger partial charge in [-0.15, -0.1) is 0 Å². The standard InChI is InChI=1S/C22H31N3O3/c1-10-11(2)13-14(15(23)12(10)3)22(8,9)25(18(13)27)16-17(26)24-19(28)21(6,7)20(16,4)5/h16H,23H2,1-9H3,(H,24,26,28)/t16-/m0/s1/i16D. The number of nitrogens with zero attached hydrogens (tertiary/aromatic N) is 1. The molecule has 3 rings (SSSR count). The zero-order chi connectivity index (χ0) is 22.5. The highest BCUT2D eigenvalue weighted by molar-refractivity contribution is 6.09. The molecule has 1 aromatic carbocycles. The van der Waals surface area contributed by atoms with Crippen LogP contribution in [0.4, 0.5) is 5.69 Å². The van der Waals surface area contributed by atoms with Gasteiger partial charge in [-0.05, 0) is 51.3 Å². The monoisotopic (exact) mass is 386 g/mol. The molecule has 2 aliphatic rings. The molecule has 2 aliphatic heterocycles. The quantitative estimate of drug-likeness (QED) is 0.573. The van der Waals surface area contributed by atoms with E-state index in [4.69, 9.17) is 5.73 Å². The normalized spacial score (nSPS) is 28.1. The number of imide groups is 1. The lowest BCUT2D eigenvalue weighted by Crippen LogP contribution is -2.70. The third-order valence-electron chi connectivity index (χ3n) is 7.40. The Morgan fingerprint density at radius 3 is 2.04 bits per heavy atom. The van der Waals surface area contributed by atoms with Crippen molar-refractivity contribution in [1.82, 2.24) is 10.2 Å². The minimum absolute atomic E-state index is 0.402. The van der Waals surface area contributed by atoms with E-state index in [1.54, 1.807) is 27.7 Å². The first kappa shape index (κ1) is 19.0. The van der Waals surface area contributed by atoms with E-state index in [2.05, 4.69) is 5.32 Å². The number of hydrogen-bond acceptors (Lipinski definition) is 4. The highest BCUT2D eigenvalue weighted by Crippen LogP contribution is 2.53. The first-order valence-corrected chi connectivity index (χ1v) is 9.57.